The maximum absolute atomic E-state index is 12.9. The standard InChI is InChI=1S/C14H20BFO2/c1-10(2)14(5)13(3,4)17-15(18-14)11-6-8-12(16)9-7-11/h6-10H,1-5H3. The van der Waals surface area contributed by atoms with E-state index in [0.717, 1.165) is 5.46 Å². The molecule has 1 aromatic carbocycles. The van der Waals surface area contributed by atoms with Crippen molar-refractivity contribution in [3.63, 3.8) is 0 Å². The Morgan fingerprint density at radius 2 is 1.61 bits per heavy atom. The molecule has 0 amide bonds. The van der Waals surface area contributed by atoms with E-state index in [2.05, 4.69) is 20.8 Å². The minimum absolute atomic E-state index is 0.248. The number of rotatable bonds is 2. The molecule has 0 aliphatic carbocycles. The lowest BCUT2D eigenvalue weighted by Gasteiger charge is -2.39. The lowest BCUT2D eigenvalue weighted by molar-refractivity contribution is -0.0435. The van der Waals surface area contributed by atoms with Crippen LogP contribution in [0.2, 0.25) is 0 Å². The van der Waals surface area contributed by atoms with Crippen LogP contribution >= 0.6 is 0 Å². The molecule has 1 unspecified atom stereocenters. The Balaban J connectivity index is 2.28. The highest BCUT2D eigenvalue weighted by Gasteiger charge is 2.55. The predicted octanol–water partition coefficient (Wildman–Crippen LogP) is 2.76. The van der Waals surface area contributed by atoms with E-state index in [1.165, 1.54) is 12.1 Å². The van der Waals surface area contributed by atoms with Crippen molar-refractivity contribution in [3.05, 3.63) is 30.1 Å². The van der Waals surface area contributed by atoms with Gasteiger partial charge in [-0.25, -0.2) is 4.39 Å². The second-order valence-corrected chi connectivity index (χ2v) is 5.89. The zero-order chi connectivity index (χ0) is 13.6. The lowest BCUT2D eigenvalue weighted by atomic mass is 9.78. The van der Waals surface area contributed by atoms with Crippen molar-refractivity contribution >= 4 is 12.6 Å². The summed E-state index contributed by atoms with van der Waals surface area (Å²) in [7, 11) is -0.423. The molecule has 4 heteroatoms. The molecule has 18 heavy (non-hydrogen) atoms. The van der Waals surface area contributed by atoms with Crippen LogP contribution in [0.15, 0.2) is 24.3 Å². The molecule has 2 rings (SSSR count). The molecule has 98 valence electrons. The Bertz CT molecular complexity index is 430. The second-order valence-electron chi connectivity index (χ2n) is 5.89. The average Bonchev–Trinajstić information content (AvgIpc) is 2.52. The molecule has 1 heterocycles. The predicted molar refractivity (Wildman–Crippen MR) is 71.3 cm³/mol. The summed E-state index contributed by atoms with van der Waals surface area (Å²) in [6, 6.07) is 6.28. The average molecular weight is 250 g/mol. The van der Waals surface area contributed by atoms with Gasteiger partial charge in [0.15, 0.2) is 0 Å². The summed E-state index contributed by atoms with van der Waals surface area (Å²) in [5.74, 6) is 0.0839. The van der Waals surface area contributed by atoms with Crippen molar-refractivity contribution in [1.29, 1.82) is 0 Å². The van der Waals surface area contributed by atoms with Crippen LogP contribution in [-0.2, 0) is 9.31 Å². The molecule has 1 aliphatic heterocycles. The topological polar surface area (TPSA) is 18.5 Å². The zero-order valence-corrected chi connectivity index (χ0v) is 11.7. The van der Waals surface area contributed by atoms with E-state index in [9.17, 15) is 4.39 Å². The van der Waals surface area contributed by atoms with Crippen molar-refractivity contribution in [2.75, 3.05) is 0 Å². The third-order valence-electron chi connectivity index (χ3n) is 4.19. The largest absolute Gasteiger partial charge is 0.494 e. The van der Waals surface area contributed by atoms with Gasteiger partial charge >= 0.3 is 7.12 Å². The van der Waals surface area contributed by atoms with Gasteiger partial charge in [-0.15, -0.1) is 0 Å². The van der Waals surface area contributed by atoms with Crippen LogP contribution in [0.3, 0.4) is 0 Å². The number of halogens is 1. The molecular weight excluding hydrogens is 230 g/mol. The maximum atomic E-state index is 12.9. The van der Waals surface area contributed by atoms with Gasteiger partial charge in [-0.1, -0.05) is 26.0 Å². The molecule has 1 aromatic rings. The van der Waals surface area contributed by atoms with Gasteiger partial charge in [0.1, 0.15) is 5.82 Å². The SMILES string of the molecule is CC(C)C1(C)OB(c2ccc(F)cc2)OC1(C)C. The van der Waals surface area contributed by atoms with Crippen LogP contribution in [0.5, 0.6) is 0 Å². The molecule has 0 radical (unpaired) electrons. The summed E-state index contributed by atoms with van der Waals surface area (Å²) in [5, 5.41) is 0. The molecule has 1 saturated heterocycles. The fourth-order valence-electron chi connectivity index (χ4n) is 2.36. The number of hydrogen-bond acceptors (Lipinski definition) is 2. The van der Waals surface area contributed by atoms with Gasteiger partial charge in [0.05, 0.1) is 11.2 Å². The van der Waals surface area contributed by atoms with Crippen molar-refractivity contribution in [2.45, 2.75) is 45.8 Å². The normalized spacial score (nSPS) is 26.9. The van der Waals surface area contributed by atoms with E-state index < -0.39 is 7.12 Å². The monoisotopic (exact) mass is 250 g/mol. The summed E-state index contributed by atoms with van der Waals surface area (Å²) >= 11 is 0. The highest BCUT2D eigenvalue weighted by Crippen LogP contribution is 2.42. The van der Waals surface area contributed by atoms with Crippen LogP contribution in [0.25, 0.3) is 0 Å². The maximum Gasteiger partial charge on any atom is 0.494 e. The Labute approximate surface area is 109 Å². The van der Waals surface area contributed by atoms with E-state index in [4.69, 9.17) is 9.31 Å². The fraction of sp³-hybridized carbons (Fsp3) is 0.571. The van der Waals surface area contributed by atoms with Gasteiger partial charge in [-0.2, -0.15) is 0 Å². The third-order valence-corrected chi connectivity index (χ3v) is 4.19. The summed E-state index contributed by atoms with van der Waals surface area (Å²) in [4.78, 5) is 0. The summed E-state index contributed by atoms with van der Waals surface area (Å²) in [6.45, 7) is 10.4. The lowest BCUT2D eigenvalue weighted by Crippen LogP contribution is -2.48. The number of hydrogen-bond donors (Lipinski definition) is 0. The van der Waals surface area contributed by atoms with Gasteiger partial charge in [-0.05, 0) is 44.3 Å². The minimum Gasteiger partial charge on any atom is -0.399 e. The Kier molecular flexibility index (Phi) is 3.28. The Morgan fingerprint density at radius 3 is 2.06 bits per heavy atom. The second kappa shape index (κ2) is 4.35. The molecule has 0 saturated carbocycles. The molecular formula is C14H20BFO2. The Hall–Kier alpha value is -0.865. The van der Waals surface area contributed by atoms with E-state index >= 15 is 0 Å². The van der Waals surface area contributed by atoms with Crippen molar-refractivity contribution in [1.82, 2.24) is 0 Å². The minimum atomic E-state index is -0.423. The van der Waals surface area contributed by atoms with Crippen molar-refractivity contribution in [3.8, 4) is 0 Å². The van der Waals surface area contributed by atoms with Crippen LogP contribution in [0, 0.1) is 11.7 Å². The van der Waals surface area contributed by atoms with Gasteiger partial charge in [0.2, 0.25) is 0 Å². The highest BCUT2D eigenvalue weighted by atomic mass is 19.1. The van der Waals surface area contributed by atoms with Gasteiger partial charge in [0, 0.05) is 0 Å². The first-order valence-corrected chi connectivity index (χ1v) is 6.37. The van der Waals surface area contributed by atoms with Crippen LogP contribution < -0.4 is 5.46 Å². The van der Waals surface area contributed by atoms with Crippen molar-refractivity contribution < 1.29 is 13.7 Å². The first kappa shape index (κ1) is 13.6. The van der Waals surface area contributed by atoms with Gasteiger partial charge < -0.3 is 9.31 Å². The third kappa shape index (κ3) is 2.08. The van der Waals surface area contributed by atoms with Gasteiger partial charge in [0.25, 0.3) is 0 Å². The zero-order valence-electron chi connectivity index (χ0n) is 11.7. The van der Waals surface area contributed by atoms with Crippen LogP contribution in [0.4, 0.5) is 4.39 Å². The fourth-order valence-corrected chi connectivity index (χ4v) is 2.36. The summed E-state index contributed by atoms with van der Waals surface area (Å²) in [6.07, 6.45) is 0. The Morgan fingerprint density at radius 1 is 1.06 bits per heavy atom. The quantitative estimate of drug-likeness (QED) is 0.751. The summed E-state index contributed by atoms with van der Waals surface area (Å²) in [5.41, 5.74) is 0.126. The molecule has 0 spiro atoms. The molecule has 2 nitrogen and oxygen atoms in total. The first-order chi connectivity index (χ1) is 8.26. The molecule has 1 fully saturated rings. The van der Waals surface area contributed by atoms with E-state index in [1.54, 1.807) is 12.1 Å². The van der Waals surface area contributed by atoms with Crippen LogP contribution in [0.1, 0.15) is 34.6 Å². The van der Waals surface area contributed by atoms with E-state index in [-0.39, 0.29) is 17.0 Å². The highest BCUT2D eigenvalue weighted by molar-refractivity contribution is 6.62. The summed E-state index contributed by atoms with van der Waals surface area (Å²) < 4.78 is 25.0. The first-order valence-electron chi connectivity index (χ1n) is 6.37. The van der Waals surface area contributed by atoms with E-state index in [0.29, 0.717) is 5.92 Å². The van der Waals surface area contributed by atoms with E-state index in [1.807, 2.05) is 13.8 Å². The molecule has 1 atom stereocenters. The van der Waals surface area contributed by atoms with Crippen molar-refractivity contribution in [2.24, 2.45) is 5.92 Å². The molecule has 1 aliphatic rings. The smallest absolute Gasteiger partial charge is 0.399 e. The number of benzene rings is 1. The molecule has 0 bridgehead atoms. The molecule has 0 aromatic heterocycles. The van der Waals surface area contributed by atoms with Gasteiger partial charge in [-0.3, -0.25) is 0 Å². The molecule has 0 N–H and O–H groups in total. The van der Waals surface area contributed by atoms with Crippen LogP contribution in [-0.4, -0.2) is 18.3 Å².